The lowest BCUT2D eigenvalue weighted by Crippen LogP contribution is -2.30. The van der Waals surface area contributed by atoms with E-state index < -0.39 is 200 Å². The average molecular weight is 2000 g/mol. The standard InChI is InChI=1S/C11H18N5O12P3.C11H18N5O11P3.C10H15FN5O12P3.C10H15FN5O11P3/c1-5-8(17)6(2-25-30(21,22)28-31(23,24)27-29(18,19)20)26-11(5)16-4-15-7-9(12)13-3-14-10(7)16;1-6-2-7(3-24-29(20,21)27-30(22,23)26-28(17,18)19)25-11(6)16-5-15-8-9(12)13-4-14-10(8)16;11-5-4(1-25-30(21,22)28-31(23,24)27-29(18,19)20)26-10(7(5)17)16-3-15-6-8(12)13-2-14-9(6)16;11-5-1-7(16-4-15-8-9(12)13-3-14-10(8)16)25-6(5)2-24-29(20,21)27-30(22,23)26-28(17,18)19/h3-6,8,11,17H,2H2,1H3,(H,21,22)(H,23,24)(H2,12,13,14)(H2,18,19,20);4-7,11H,2-3H2,1H3,(H,20,21)(H,22,23)(H2,12,13,14)(H2,17,18,19);2-5,7,10,17H,1H2,(H,21,22)(H,23,24)(H2,12,13,14)(H2,18,19,20);3-7H,1-2H2,(H,20,21)(H,22,23)(H2,12,13,14)(H2,17,18,19). The first-order chi connectivity index (χ1) is 55.9. The van der Waals surface area contributed by atoms with Crippen LogP contribution in [0.15, 0.2) is 50.6 Å². The maximum absolute atomic E-state index is 14.4. The number of nitrogens with zero attached hydrogens (tertiary/aromatic N) is 16. The molecule has 0 amide bonds. The van der Waals surface area contributed by atoms with Crippen LogP contribution in [0.4, 0.5) is 32.1 Å². The number of ether oxygens (including phenoxy) is 4. The average Bonchev–Trinajstić information content (AvgIpc) is 1.64. The molecule has 0 bridgehead atoms. The van der Waals surface area contributed by atoms with Crippen LogP contribution in [0.1, 0.15) is 51.6 Å². The van der Waals surface area contributed by atoms with E-state index in [9.17, 15) is 93.3 Å². The Hall–Kier alpha value is -5.34. The highest BCUT2D eigenvalue weighted by atomic mass is 31.3. The molecule has 12 heterocycles. The van der Waals surface area contributed by atoms with Gasteiger partial charge in [-0.15, -0.1) is 0 Å². The quantitative estimate of drug-likeness (QED) is 0.0248. The van der Waals surface area contributed by atoms with E-state index in [4.69, 9.17) is 101 Å². The van der Waals surface area contributed by atoms with Crippen LogP contribution in [0.3, 0.4) is 0 Å². The summed E-state index contributed by atoms with van der Waals surface area (Å²) in [5.74, 6) is -0.293. The van der Waals surface area contributed by atoms with Gasteiger partial charge in [0.05, 0.1) is 63.9 Å². The fourth-order valence-electron chi connectivity index (χ4n) is 10.9. The zero-order chi connectivity index (χ0) is 91.0. The van der Waals surface area contributed by atoms with E-state index >= 15 is 0 Å². The lowest BCUT2D eigenvalue weighted by Gasteiger charge is -2.19. The fourth-order valence-corrected chi connectivity index (χ4v) is 23.1. The normalized spacial score (nSPS) is 27.5. The highest BCUT2D eigenvalue weighted by Crippen LogP contribution is 2.70. The Morgan fingerprint density at radius 2 is 0.664 bits per heavy atom. The highest BCUT2D eigenvalue weighted by molar-refractivity contribution is 7.68. The van der Waals surface area contributed by atoms with Crippen LogP contribution in [0.2, 0.25) is 0 Å². The second-order valence-corrected chi connectivity index (χ2v) is 42.2. The molecule has 12 rings (SSSR count). The Kier molecular flexibility index (Phi) is 31.7. The second kappa shape index (κ2) is 38.5. The number of nitrogens with two attached hydrogens (primary N) is 4. The van der Waals surface area contributed by atoms with Gasteiger partial charge in [-0.2, -0.15) is 34.5 Å². The largest absolute Gasteiger partial charge is 0.490 e. The van der Waals surface area contributed by atoms with Crippen molar-refractivity contribution in [2.24, 2.45) is 11.8 Å². The molecule has 0 aliphatic carbocycles. The molecule has 4 fully saturated rings. The number of aliphatic hydroxyl groups is 2. The van der Waals surface area contributed by atoms with E-state index in [-0.39, 0.29) is 57.9 Å². The Labute approximate surface area is 673 Å². The van der Waals surface area contributed by atoms with Gasteiger partial charge in [0.25, 0.3) is 0 Å². The number of alkyl halides is 2. The minimum atomic E-state index is -5.73. The Morgan fingerprint density at radius 3 is 1.02 bits per heavy atom. The van der Waals surface area contributed by atoms with Gasteiger partial charge >= 0.3 is 93.9 Å². The van der Waals surface area contributed by atoms with Crippen molar-refractivity contribution >= 4 is 162 Å². The van der Waals surface area contributed by atoms with Crippen LogP contribution in [-0.2, 0) is 126 Å². The summed E-state index contributed by atoms with van der Waals surface area (Å²) in [5, 5.41) is 20.5. The number of hydrogen-bond donors (Lipinski definition) is 22. The van der Waals surface area contributed by atoms with E-state index in [0.29, 0.717) is 28.7 Å². The molecule has 4 aliphatic rings. The van der Waals surface area contributed by atoms with Crippen molar-refractivity contribution in [1.82, 2.24) is 78.1 Å². The van der Waals surface area contributed by atoms with E-state index in [1.54, 1.807) is 11.5 Å². The summed E-state index contributed by atoms with van der Waals surface area (Å²) in [5.41, 5.74) is 25.0. The zero-order valence-corrected chi connectivity index (χ0v) is 70.7. The number of hydrogen-bond acceptors (Lipinski definition) is 46. The maximum atomic E-state index is 14.4. The summed E-state index contributed by atoms with van der Waals surface area (Å²) in [4.78, 5) is 190. The third-order valence-corrected chi connectivity index (χ3v) is 30.8. The van der Waals surface area contributed by atoms with Gasteiger partial charge in [0.15, 0.2) is 58.3 Å². The molecule has 0 spiro atoms. The van der Waals surface area contributed by atoms with Gasteiger partial charge < -0.3 is 130 Å². The lowest BCUT2D eigenvalue weighted by atomic mass is 10.0. The van der Waals surface area contributed by atoms with Crippen LogP contribution in [0.5, 0.6) is 0 Å². The molecular weight excluding hydrogens is 1930 g/mol. The Bertz CT molecular complexity index is 5550. The van der Waals surface area contributed by atoms with Gasteiger partial charge in [-0.1, -0.05) is 13.8 Å². The number of aromatic nitrogens is 16. The summed E-state index contributed by atoms with van der Waals surface area (Å²) in [6.45, 7) is 0.124. The number of imidazole rings is 4. The Balaban J connectivity index is 0.000000185. The van der Waals surface area contributed by atoms with Crippen LogP contribution >= 0.6 is 93.9 Å². The van der Waals surface area contributed by atoms with Crippen molar-refractivity contribution < 1.29 is 224 Å². The number of nitrogen functional groups attached to an aromatic ring is 4. The molecule has 22 atom stereocenters. The summed E-state index contributed by atoms with van der Waals surface area (Å²) in [7, 11) is -66.1. The van der Waals surface area contributed by atoms with Crippen molar-refractivity contribution in [1.29, 1.82) is 0 Å². The van der Waals surface area contributed by atoms with Crippen molar-refractivity contribution in [2.45, 2.75) is 101 Å². The number of halogens is 2. The molecule has 0 saturated carbocycles. The number of phosphoric ester groups is 4. The SMILES string of the molecule is CC1C(O)C(COP(=O)(O)OP(=O)(O)OP(=O)(O)O)OC1n1cnc2c(N)ncnc21.CC1CC(COP(=O)(O)OP(=O)(O)OP(=O)(O)O)OC1n1cnc2c(N)ncnc21.Nc1ncnc2c1ncn2C1CC(F)C(COP(=O)(O)OP(=O)(O)OP(=O)(O)O)O1.Nc1ncnc2c1ncn2C1OC(COP(=O)(O)OP(=O)(O)OP(=O)(O)O)C(F)C1O. The van der Waals surface area contributed by atoms with Gasteiger partial charge in [0.2, 0.25) is 0 Å². The predicted octanol–water partition coefficient (Wildman–Crippen LogP) is 0.0472. The van der Waals surface area contributed by atoms with Gasteiger partial charge in [-0.05, 0) is 6.42 Å². The minimum Gasteiger partial charge on any atom is -0.390 e. The maximum Gasteiger partial charge on any atom is 0.490 e. The van der Waals surface area contributed by atoms with Crippen molar-refractivity contribution in [3.05, 3.63) is 50.6 Å². The summed E-state index contributed by atoms with van der Waals surface area (Å²) >= 11 is 0. The smallest absolute Gasteiger partial charge is 0.390 e. The molecule has 8 aromatic heterocycles. The van der Waals surface area contributed by atoms with Gasteiger partial charge in [0, 0.05) is 18.3 Å². The molecule has 0 aromatic carbocycles. The zero-order valence-electron chi connectivity index (χ0n) is 60.0. The van der Waals surface area contributed by atoms with E-state index in [2.05, 4.69) is 112 Å². The topological polar surface area (TPSA) is 995 Å². The Morgan fingerprint density at radius 1 is 0.361 bits per heavy atom. The molecule has 66 nitrogen and oxygen atoms in total. The number of anilines is 4. The fraction of sp³-hybridized carbons (Fsp3) is 0.524. The summed E-state index contributed by atoms with van der Waals surface area (Å²) in [6, 6.07) is 0. The molecule has 0 radical (unpaired) electrons. The third-order valence-electron chi connectivity index (χ3n) is 15.6. The molecule has 4 aliphatic heterocycles. The van der Waals surface area contributed by atoms with Crippen LogP contribution in [-0.4, -0.2) is 242 Å². The molecule has 684 valence electrons. The minimum absolute atomic E-state index is 0.0113. The summed E-state index contributed by atoms with van der Waals surface area (Å²) in [6.07, 6.45) is -5.58. The molecule has 8 aromatic rings. The van der Waals surface area contributed by atoms with Crippen LogP contribution in [0.25, 0.3) is 44.7 Å². The lowest BCUT2D eigenvalue weighted by molar-refractivity contribution is -0.0489. The van der Waals surface area contributed by atoms with Crippen LogP contribution < -0.4 is 22.9 Å². The summed E-state index contributed by atoms with van der Waals surface area (Å²) < 4.78 is 238. The molecule has 26 N–H and O–H groups in total. The van der Waals surface area contributed by atoms with Crippen molar-refractivity contribution in [3.63, 3.8) is 0 Å². The van der Waals surface area contributed by atoms with Gasteiger partial charge in [-0.3, -0.25) is 36.4 Å². The first kappa shape index (κ1) is 100. The monoisotopic (exact) mass is 2000 g/mol. The van der Waals surface area contributed by atoms with E-state index in [1.807, 2.05) is 6.92 Å². The van der Waals surface area contributed by atoms with Crippen molar-refractivity contribution in [2.75, 3.05) is 49.4 Å². The molecule has 122 heavy (non-hydrogen) atoms. The number of rotatable bonds is 32. The molecule has 22 unspecified atom stereocenters. The first-order valence-electron chi connectivity index (χ1n) is 32.0. The number of fused-ring (bicyclic) bond motifs is 4. The predicted molar refractivity (Wildman–Crippen MR) is 383 cm³/mol. The second-order valence-electron chi connectivity index (χ2n) is 24.5. The molecule has 4 saturated heterocycles. The van der Waals surface area contributed by atoms with E-state index in [0.717, 1.165) is 17.2 Å². The first-order valence-corrected chi connectivity index (χ1v) is 50.1. The molecular formula is C42H66F2N20O46P12. The van der Waals surface area contributed by atoms with Gasteiger partial charge in [-0.25, -0.2) is 123 Å². The van der Waals surface area contributed by atoms with Crippen molar-refractivity contribution in [3.8, 4) is 0 Å². The molecule has 80 heteroatoms. The number of phosphoric acid groups is 12. The van der Waals surface area contributed by atoms with Gasteiger partial charge in [0.1, 0.15) is 96.6 Å². The van der Waals surface area contributed by atoms with Crippen LogP contribution in [0, 0.1) is 11.8 Å². The highest BCUT2D eigenvalue weighted by Gasteiger charge is 2.51. The van der Waals surface area contributed by atoms with E-state index in [1.165, 1.54) is 47.1 Å². The number of aliphatic hydroxyl groups excluding tert-OH is 2. The third kappa shape index (κ3) is 27.8.